The molecule has 12 nitrogen and oxygen atoms in total. The fraction of sp³-hybridized carbons (Fsp3) is 0.211. The monoisotopic (exact) mass is 768 g/mol. The molecule has 0 spiro atoms. The molecule has 0 aliphatic carbocycles. The van der Waals surface area contributed by atoms with Crippen LogP contribution in [0.2, 0.25) is 0 Å². The summed E-state index contributed by atoms with van der Waals surface area (Å²) in [6.45, 7) is 11.0. The number of halogens is 1. The van der Waals surface area contributed by atoms with Gasteiger partial charge in [-0.25, -0.2) is 28.7 Å². The van der Waals surface area contributed by atoms with Crippen molar-refractivity contribution in [1.82, 2.24) is 19.1 Å². The molecule has 268 valence electrons. The lowest BCUT2D eigenvalue weighted by Gasteiger charge is -2.19. The van der Waals surface area contributed by atoms with Crippen LogP contribution >= 0.6 is 15.9 Å². The van der Waals surface area contributed by atoms with Crippen LogP contribution in [0, 0.1) is 0 Å². The lowest BCUT2D eigenvalue weighted by molar-refractivity contribution is 0.0532. The minimum absolute atomic E-state index is 0.328. The van der Waals surface area contributed by atoms with E-state index < -0.39 is 30.5 Å². The maximum atomic E-state index is 12.2. The highest BCUT2D eigenvalue weighted by molar-refractivity contribution is 9.10. The maximum absolute atomic E-state index is 12.2. The number of hydrogen-bond acceptors (Lipinski definition) is 10. The second-order valence-corrected chi connectivity index (χ2v) is 14.3. The van der Waals surface area contributed by atoms with Crippen LogP contribution in [0.25, 0.3) is 33.2 Å². The summed E-state index contributed by atoms with van der Waals surface area (Å²) in [7, 11) is -1.50. The number of aldehydes is 2. The summed E-state index contributed by atoms with van der Waals surface area (Å²) in [6.07, 6.45) is 3.55. The van der Waals surface area contributed by atoms with E-state index in [1.165, 1.54) is 33.9 Å². The van der Waals surface area contributed by atoms with E-state index >= 15 is 0 Å². The number of hydrogen-bond donors (Lipinski definition) is 2. The van der Waals surface area contributed by atoms with Crippen LogP contribution in [-0.4, -0.2) is 72.2 Å². The second kappa shape index (κ2) is 16.7. The van der Waals surface area contributed by atoms with Crippen LogP contribution in [0.15, 0.2) is 102 Å². The van der Waals surface area contributed by atoms with Gasteiger partial charge in [-0.1, -0.05) is 64.5 Å². The van der Waals surface area contributed by atoms with E-state index in [1.807, 2.05) is 96.1 Å². The van der Waals surface area contributed by atoms with Crippen molar-refractivity contribution in [1.29, 1.82) is 0 Å². The van der Waals surface area contributed by atoms with Crippen LogP contribution in [0.4, 0.5) is 9.59 Å². The Bertz CT molecular complexity index is 2220. The molecule has 2 N–H and O–H groups in total. The number of fused-ring (bicyclic) bond motifs is 2. The third-order valence-corrected chi connectivity index (χ3v) is 7.43. The predicted molar refractivity (Wildman–Crippen MR) is 203 cm³/mol. The van der Waals surface area contributed by atoms with E-state index in [9.17, 15) is 19.2 Å². The van der Waals surface area contributed by atoms with E-state index in [2.05, 4.69) is 25.9 Å². The lowest BCUT2D eigenvalue weighted by atomic mass is 9.80. The Hall–Kier alpha value is -5.44. The van der Waals surface area contributed by atoms with Gasteiger partial charge in [0.15, 0.2) is 0 Å². The van der Waals surface area contributed by atoms with Gasteiger partial charge in [-0.15, -0.1) is 0 Å². The smallest absolute Gasteiger partial charge is 0.443 e. The van der Waals surface area contributed by atoms with Gasteiger partial charge in [0.05, 0.1) is 22.1 Å². The van der Waals surface area contributed by atoms with Crippen LogP contribution in [0.5, 0.6) is 0 Å². The number of ether oxygens (including phenoxy) is 2. The van der Waals surface area contributed by atoms with Crippen molar-refractivity contribution < 1.29 is 38.7 Å². The lowest BCUT2D eigenvalue weighted by Crippen LogP contribution is -2.29. The van der Waals surface area contributed by atoms with Crippen molar-refractivity contribution in [3.8, 4) is 11.1 Å². The summed E-state index contributed by atoms with van der Waals surface area (Å²) < 4.78 is 14.4. The van der Waals surface area contributed by atoms with Crippen LogP contribution < -0.4 is 5.46 Å². The minimum Gasteiger partial charge on any atom is -0.443 e. The van der Waals surface area contributed by atoms with Gasteiger partial charge >= 0.3 is 19.3 Å². The number of benzene rings is 4. The summed E-state index contributed by atoms with van der Waals surface area (Å²) in [6, 6.07) is 24.7. The number of nitrogens with zero attached hydrogens (tertiary/aromatic N) is 4. The van der Waals surface area contributed by atoms with Gasteiger partial charge in [0, 0.05) is 15.6 Å². The van der Waals surface area contributed by atoms with Crippen LogP contribution in [-0.2, 0) is 9.47 Å². The van der Waals surface area contributed by atoms with E-state index in [4.69, 9.17) is 19.5 Å². The number of rotatable bonds is 4. The van der Waals surface area contributed by atoms with Gasteiger partial charge in [-0.05, 0) is 94.5 Å². The molecule has 0 bridgehead atoms. The predicted octanol–water partition coefficient (Wildman–Crippen LogP) is 7.06. The van der Waals surface area contributed by atoms with Crippen molar-refractivity contribution >= 4 is 75.3 Å². The van der Waals surface area contributed by atoms with E-state index in [0.717, 1.165) is 32.9 Å². The largest absolute Gasteiger partial charge is 0.488 e. The van der Waals surface area contributed by atoms with Crippen molar-refractivity contribution in [3.05, 3.63) is 113 Å². The molecular weight excluding hydrogens is 731 g/mol. The molecule has 0 fully saturated rings. The fourth-order valence-electron chi connectivity index (χ4n) is 4.68. The normalized spacial score (nSPS) is 11.1. The molecule has 2 heterocycles. The van der Waals surface area contributed by atoms with Crippen molar-refractivity contribution in [3.63, 3.8) is 0 Å². The first-order valence-electron chi connectivity index (χ1n) is 16.0. The molecule has 6 aromatic rings. The first-order chi connectivity index (χ1) is 24.5. The molecule has 0 saturated heterocycles. The Morgan fingerprint density at radius 2 is 1.15 bits per heavy atom. The molecule has 0 atom stereocenters. The number of carbonyl (C=O) groups is 4. The van der Waals surface area contributed by atoms with E-state index in [1.54, 1.807) is 18.2 Å². The van der Waals surface area contributed by atoms with Crippen molar-refractivity contribution in [2.75, 3.05) is 0 Å². The average molecular weight is 769 g/mol. The molecular formula is C38H38BBrN4O8. The number of imidazole rings is 2. The first-order valence-corrected chi connectivity index (χ1v) is 16.8. The zero-order chi connectivity index (χ0) is 38.2. The molecule has 0 aliphatic heterocycles. The highest BCUT2D eigenvalue weighted by Crippen LogP contribution is 2.25. The SMILES string of the molecule is CC(C)(C)OC(=O)n1cnc2cc(-c3cccc(C=O)c3)ccc21.CC(C)(C)OC(=O)n1cnc2cc(Br)ccc21.O=Cc1cccc(B(O)O)c1. The summed E-state index contributed by atoms with van der Waals surface area (Å²) in [5.74, 6) is 0. The summed E-state index contributed by atoms with van der Waals surface area (Å²) in [4.78, 5) is 53.7. The van der Waals surface area contributed by atoms with Crippen LogP contribution in [0.3, 0.4) is 0 Å². The van der Waals surface area contributed by atoms with Gasteiger partial charge in [0.2, 0.25) is 0 Å². The highest BCUT2D eigenvalue weighted by atomic mass is 79.9. The van der Waals surface area contributed by atoms with E-state index in [0.29, 0.717) is 33.9 Å². The van der Waals surface area contributed by atoms with Gasteiger partial charge in [-0.2, -0.15) is 0 Å². The number of aromatic nitrogens is 4. The van der Waals surface area contributed by atoms with E-state index in [-0.39, 0.29) is 0 Å². The topological polar surface area (TPSA) is 163 Å². The molecule has 0 unspecified atom stereocenters. The summed E-state index contributed by atoms with van der Waals surface area (Å²) in [5.41, 5.74) is 5.03. The first kappa shape index (κ1) is 39.4. The molecule has 0 aliphatic rings. The Kier molecular flexibility index (Phi) is 12.7. The summed E-state index contributed by atoms with van der Waals surface area (Å²) in [5, 5.41) is 17.4. The van der Waals surface area contributed by atoms with Crippen molar-refractivity contribution in [2.45, 2.75) is 52.7 Å². The zero-order valence-corrected chi connectivity index (χ0v) is 31.1. The minimum atomic E-state index is -1.50. The Labute approximate surface area is 309 Å². The fourth-order valence-corrected chi connectivity index (χ4v) is 5.02. The molecule has 0 radical (unpaired) electrons. The van der Waals surface area contributed by atoms with Crippen molar-refractivity contribution in [2.24, 2.45) is 0 Å². The molecule has 0 saturated carbocycles. The second-order valence-electron chi connectivity index (χ2n) is 13.4. The molecule has 4 aromatic carbocycles. The van der Waals surface area contributed by atoms with Gasteiger partial charge in [-0.3, -0.25) is 9.59 Å². The molecule has 52 heavy (non-hydrogen) atoms. The standard InChI is InChI=1S/C19H18N2O3.C12H13BrN2O2.C7H7BO3/c1-19(2,3)24-18(23)21-12-20-16-10-15(7-8-17(16)21)14-6-4-5-13(9-14)11-22;1-12(2,3)17-11(16)15-7-14-9-6-8(13)4-5-10(9)15;9-5-6-2-1-3-7(4-6)8(10)11/h4-12H,1-3H3;4-7H,1-3H3;1-5,10-11H. The molecule has 6 rings (SSSR count). The zero-order valence-electron chi connectivity index (χ0n) is 29.5. The Morgan fingerprint density at radius 1 is 0.673 bits per heavy atom. The Morgan fingerprint density at radius 3 is 1.67 bits per heavy atom. The molecule has 14 heteroatoms. The summed E-state index contributed by atoms with van der Waals surface area (Å²) >= 11 is 3.36. The Balaban J connectivity index is 0.000000188. The quantitative estimate of drug-likeness (QED) is 0.140. The third kappa shape index (κ3) is 10.8. The van der Waals surface area contributed by atoms with Gasteiger partial charge in [0.1, 0.15) is 36.4 Å². The van der Waals surface area contributed by atoms with Gasteiger partial charge < -0.3 is 19.5 Å². The third-order valence-electron chi connectivity index (χ3n) is 6.94. The van der Waals surface area contributed by atoms with Crippen LogP contribution in [0.1, 0.15) is 62.3 Å². The molecule has 0 amide bonds. The average Bonchev–Trinajstić information content (AvgIpc) is 3.71. The number of carbonyl (C=O) groups excluding carboxylic acids is 4. The van der Waals surface area contributed by atoms with Gasteiger partial charge in [0.25, 0.3) is 0 Å². The maximum Gasteiger partial charge on any atom is 0.488 e. The molecule has 2 aromatic heterocycles. The highest BCUT2D eigenvalue weighted by Gasteiger charge is 2.21.